The van der Waals surface area contributed by atoms with Crippen LogP contribution in [0.4, 0.5) is 62.2 Å². The molecule has 17 heteroatoms. The summed E-state index contributed by atoms with van der Waals surface area (Å²) in [6.45, 7) is 10.8. The summed E-state index contributed by atoms with van der Waals surface area (Å²) in [5.74, 6) is 3.14. The van der Waals surface area contributed by atoms with Crippen LogP contribution in [-0.2, 0) is 17.8 Å². The number of benzene rings is 2. The van der Waals surface area contributed by atoms with Gasteiger partial charge < -0.3 is 45.2 Å². The van der Waals surface area contributed by atoms with Crippen LogP contribution in [0, 0.1) is 0 Å². The first-order chi connectivity index (χ1) is 31.4. The lowest BCUT2D eigenvalue weighted by molar-refractivity contribution is 0.0185. The largest absolute Gasteiger partial charge is 0.444 e. The summed E-state index contributed by atoms with van der Waals surface area (Å²) in [7, 11) is 8.43. The number of para-hydroxylation sites is 2. The first-order valence-corrected chi connectivity index (χ1v) is 22.8. The topological polar surface area (TPSA) is 140 Å². The summed E-state index contributed by atoms with van der Waals surface area (Å²) in [6.07, 6.45) is 11.6. The summed E-state index contributed by atoms with van der Waals surface area (Å²) in [5, 5.41) is 19.7. The zero-order valence-corrected chi connectivity index (χ0v) is 39.9. The Labute approximate surface area is 394 Å². The lowest BCUT2D eigenvalue weighted by atomic mass is 10.1. The van der Waals surface area contributed by atoms with Gasteiger partial charge in [0.15, 0.2) is 11.6 Å². The van der Waals surface area contributed by atoms with Gasteiger partial charge in [-0.2, -0.15) is 10.2 Å². The van der Waals surface area contributed by atoms with Crippen molar-refractivity contribution in [3.8, 4) is 0 Å². The van der Waals surface area contributed by atoms with E-state index >= 15 is 0 Å². The normalized spacial score (nSPS) is 16.3. The number of carbonyl (C=O) groups excluding carboxylic acids is 1. The molecule has 66 heavy (non-hydrogen) atoms. The van der Waals surface area contributed by atoms with Crippen molar-refractivity contribution in [2.24, 2.45) is 0 Å². The number of hydrogen-bond acceptors (Lipinski definition) is 13. The Morgan fingerprint density at radius 1 is 0.621 bits per heavy atom. The first kappa shape index (κ1) is 46.0. The van der Waals surface area contributed by atoms with Gasteiger partial charge in [-0.05, 0) is 82.8 Å². The van der Waals surface area contributed by atoms with Gasteiger partial charge in [0.05, 0.1) is 47.2 Å². The van der Waals surface area contributed by atoms with E-state index in [1.54, 1.807) is 4.90 Å². The van der Waals surface area contributed by atoms with Crippen molar-refractivity contribution in [2.75, 3.05) is 84.6 Å². The Hall–Kier alpha value is -6.52. The molecule has 0 aliphatic carbocycles. The van der Waals surface area contributed by atoms with E-state index in [9.17, 15) is 4.79 Å². The van der Waals surface area contributed by atoms with Crippen molar-refractivity contribution < 1.29 is 9.53 Å². The fourth-order valence-corrected chi connectivity index (χ4v) is 9.21. The van der Waals surface area contributed by atoms with Crippen molar-refractivity contribution in [3.05, 3.63) is 109 Å². The maximum absolute atomic E-state index is 12.4. The van der Waals surface area contributed by atoms with E-state index in [1.165, 1.54) is 22.5 Å². The molecule has 0 saturated carbocycles. The van der Waals surface area contributed by atoms with E-state index in [0.717, 1.165) is 97.9 Å². The Kier molecular flexibility index (Phi) is 13.6. The summed E-state index contributed by atoms with van der Waals surface area (Å²) >= 11 is 0. The molecule has 0 spiro atoms. The molecule has 2 aromatic carbocycles. The fraction of sp³-hybridized carbons (Fsp3) is 0.408. The molecule has 1 amide bonds. The Balaban J connectivity index is 0.000000180. The molecule has 0 bridgehead atoms. The minimum absolute atomic E-state index is 0. The number of pyridine rings is 2. The third-order valence-corrected chi connectivity index (χ3v) is 12.7. The Bertz CT molecular complexity index is 2610. The van der Waals surface area contributed by atoms with Gasteiger partial charge in [-0.1, -0.05) is 36.4 Å². The first-order valence-electron chi connectivity index (χ1n) is 22.8. The van der Waals surface area contributed by atoms with Crippen LogP contribution in [0.1, 0.15) is 69.7 Å². The SMILES string of the molecule is CN1Cc2ccccc2N(C)c2cc(Nc3ccn(C4CCN(C(=O)OC(C)(C)C)CC4)n3)ncc21.CN1Cc2ccccc2N(C)c2cc(Nc3ccn(C4CCNCC4)n3)ncc21.Cl. The zero-order valence-electron chi connectivity index (χ0n) is 39.1. The highest BCUT2D eigenvalue weighted by Crippen LogP contribution is 2.41. The minimum atomic E-state index is -0.478. The number of halogens is 1. The second-order valence-corrected chi connectivity index (χ2v) is 18.5. The molecule has 4 aromatic heterocycles. The number of rotatable bonds is 6. The summed E-state index contributed by atoms with van der Waals surface area (Å²) in [5.41, 5.74) is 8.97. The minimum Gasteiger partial charge on any atom is -0.444 e. The van der Waals surface area contributed by atoms with Crippen molar-refractivity contribution >= 4 is 75.9 Å². The summed E-state index contributed by atoms with van der Waals surface area (Å²) in [6, 6.07) is 25.9. The molecular formula is C49H63ClN14O2. The number of piperidine rings is 2. The number of hydrogen-bond donors (Lipinski definition) is 3. The highest BCUT2D eigenvalue weighted by Gasteiger charge is 2.29. The van der Waals surface area contributed by atoms with Gasteiger partial charge in [-0.15, -0.1) is 12.4 Å². The molecule has 0 unspecified atom stereocenters. The molecule has 6 aromatic rings. The lowest BCUT2D eigenvalue weighted by Gasteiger charge is -2.33. The number of likely N-dealkylation sites (tertiary alicyclic amines) is 1. The second kappa shape index (κ2) is 19.5. The number of nitrogens with zero attached hydrogens (tertiary/aromatic N) is 11. The number of carbonyl (C=O) groups is 1. The van der Waals surface area contributed by atoms with Crippen LogP contribution in [0.2, 0.25) is 0 Å². The lowest BCUT2D eigenvalue weighted by Crippen LogP contribution is -2.42. The number of amides is 1. The van der Waals surface area contributed by atoms with Crippen molar-refractivity contribution in [1.29, 1.82) is 0 Å². The second-order valence-electron chi connectivity index (χ2n) is 18.5. The number of ether oxygens (including phenoxy) is 1. The monoisotopic (exact) mass is 914 g/mol. The van der Waals surface area contributed by atoms with Crippen LogP contribution < -0.4 is 35.6 Å². The highest BCUT2D eigenvalue weighted by molar-refractivity contribution is 5.85. The van der Waals surface area contributed by atoms with Crippen molar-refractivity contribution in [2.45, 2.75) is 77.2 Å². The van der Waals surface area contributed by atoms with Gasteiger partial charge in [0.2, 0.25) is 0 Å². The molecular weight excluding hydrogens is 852 g/mol. The van der Waals surface area contributed by atoms with Crippen LogP contribution in [0.5, 0.6) is 0 Å². The van der Waals surface area contributed by atoms with Gasteiger partial charge in [-0.3, -0.25) is 9.36 Å². The van der Waals surface area contributed by atoms with Crippen molar-refractivity contribution in [1.82, 2.24) is 39.7 Å². The molecule has 348 valence electrons. The standard InChI is InChI=1S/C27H35N7O2.C22H27N7.ClH/c1-27(2,3)36-26(35)33-13-10-20(11-14-33)34-15-12-24(30-34)29-25-16-22-23(17-28-25)31(4)18-19-8-6-7-9-21(19)32(22)5;1-27-15-16-5-3-4-6-18(16)28(2)19-13-22(24-14-20(19)27)25-21-9-12-29(26-21)17-7-10-23-11-8-17;/h6-9,12,15-17,20H,10-11,13-14,18H2,1-5H3,(H,28,29,30);3-6,9,12-14,17,23H,7-8,10-11,15H2,1-2H3,(H,24,25,26);1H. The number of nitrogens with one attached hydrogen (secondary N) is 3. The van der Waals surface area contributed by atoms with E-state index in [4.69, 9.17) is 14.9 Å². The zero-order chi connectivity index (χ0) is 45.2. The van der Waals surface area contributed by atoms with Crippen LogP contribution in [0.25, 0.3) is 0 Å². The quantitative estimate of drug-likeness (QED) is 0.146. The number of aromatic nitrogens is 6. The van der Waals surface area contributed by atoms with Crippen LogP contribution in [-0.4, -0.2) is 100 Å². The maximum Gasteiger partial charge on any atom is 0.410 e. The Morgan fingerprint density at radius 3 is 1.55 bits per heavy atom. The Morgan fingerprint density at radius 2 is 1.08 bits per heavy atom. The third kappa shape index (κ3) is 10.1. The fourth-order valence-electron chi connectivity index (χ4n) is 9.21. The predicted octanol–water partition coefficient (Wildman–Crippen LogP) is 9.40. The predicted molar refractivity (Wildman–Crippen MR) is 267 cm³/mol. The molecule has 2 fully saturated rings. The van der Waals surface area contributed by atoms with Crippen molar-refractivity contribution in [3.63, 3.8) is 0 Å². The van der Waals surface area contributed by atoms with Gasteiger partial charge in [0, 0.05) is 102 Å². The maximum atomic E-state index is 12.4. The molecule has 0 radical (unpaired) electrons. The number of fused-ring (bicyclic) bond motifs is 4. The summed E-state index contributed by atoms with van der Waals surface area (Å²) < 4.78 is 9.59. The molecule has 16 nitrogen and oxygen atoms in total. The van der Waals surface area contributed by atoms with E-state index in [1.807, 2.05) is 56.2 Å². The molecule has 4 aliphatic heterocycles. The molecule has 8 heterocycles. The van der Waals surface area contributed by atoms with Gasteiger partial charge in [0.1, 0.15) is 17.2 Å². The average Bonchev–Trinajstić information content (AvgIpc) is 3.94. The van der Waals surface area contributed by atoms with Gasteiger partial charge in [0.25, 0.3) is 0 Å². The van der Waals surface area contributed by atoms with Gasteiger partial charge in [-0.25, -0.2) is 14.8 Å². The molecule has 4 aliphatic rings. The van der Waals surface area contributed by atoms with E-state index in [-0.39, 0.29) is 24.5 Å². The average molecular weight is 916 g/mol. The highest BCUT2D eigenvalue weighted by atomic mass is 35.5. The molecule has 3 N–H and O–H groups in total. The molecule has 2 saturated heterocycles. The van der Waals surface area contributed by atoms with E-state index < -0.39 is 5.60 Å². The van der Waals surface area contributed by atoms with Crippen LogP contribution >= 0.6 is 12.4 Å². The van der Waals surface area contributed by atoms with Crippen LogP contribution in [0.15, 0.2) is 97.6 Å². The molecule has 10 rings (SSSR count). The molecule has 0 atom stereocenters. The smallest absolute Gasteiger partial charge is 0.410 e. The van der Waals surface area contributed by atoms with Crippen LogP contribution in [0.3, 0.4) is 0 Å². The third-order valence-electron chi connectivity index (χ3n) is 12.7. The van der Waals surface area contributed by atoms with E-state index in [2.05, 4.69) is 145 Å². The van der Waals surface area contributed by atoms with E-state index in [0.29, 0.717) is 19.1 Å². The van der Waals surface area contributed by atoms with Gasteiger partial charge >= 0.3 is 6.09 Å². The summed E-state index contributed by atoms with van der Waals surface area (Å²) in [4.78, 5) is 32.4. The number of anilines is 10.